The molecule has 3 aromatic rings. The molecular formula is C17H12ClF3N4. The van der Waals surface area contributed by atoms with E-state index < -0.39 is 11.7 Å². The smallest absolute Gasteiger partial charge is 0.364 e. The lowest BCUT2D eigenvalue weighted by molar-refractivity contribution is -0.137. The second-order valence-corrected chi connectivity index (χ2v) is 5.54. The molecule has 1 N–H and O–H groups in total. The fourth-order valence-electron chi connectivity index (χ4n) is 2.13. The molecule has 0 saturated carbocycles. The van der Waals surface area contributed by atoms with Gasteiger partial charge in [0.25, 0.3) is 0 Å². The van der Waals surface area contributed by atoms with Gasteiger partial charge >= 0.3 is 6.18 Å². The molecule has 0 unspecified atom stereocenters. The Hall–Kier alpha value is -2.67. The van der Waals surface area contributed by atoms with Crippen LogP contribution in [0.25, 0.3) is 11.4 Å². The van der Waals surface area contributed by atoms with Crippen LogP contribution < -0.4 is 5.32 Å². The van der Waals surface area contributed by atoms with E-state index in [1.807, 2.05) is 18.2 Å². The quantitative estimate of drug-likeness (QED) is 0.674. The average molecular weight is 365 g/mol. The summed E-state index contributed by atoms with van der Waals surface area (Å²) >= 11 is 6.00. The fraction of sp³-hybridized carbons (Fsp3) is 0.118. The minimum absolute atomic E-state index is 0.188. The molecule has 25 heavy (non-hydrogen) atoms. The molecule has 3 rings (SSSR count). The largest absolute Gasteiger partial charge is 0.416 e. The van der Waals surface area contributed by atoms with Gasteiger partial charge in [0.15, 0.2) is 5.82 Å². The Morgan fingerprint density at radius 2 is 1.76 bits per heavy atom. The number of aromatic nitrogens is 3. The highest BCUT2D eigenvalue weighted by Gasteiger charge is 2.30. The molecule has 0 spiro atoms. The summed E-state index contributed by atoms with van der Waals surface area (Å²) in [7, 11) is 0. The summed E-state index contributed by atoms with van der Waals surface area (Å²) in [4.78, 5) is 12.5. The van der Waals surface area contributed by atoms with Gasteiger partial charge in [0.2, 0.25) is 0 Å². The van der Waals surface area contributed by atoms with Crippen LogP contribution in [-0.2, 0) is 12.7 Å². The number of hydrogen-bond acceptors (Lipinski definition) is 4. The molecule has 0 aliphatic carbocycles. The van der Waals surface area contributed by atoms with Crippen molar-refractivity contribution in [3.05, 3.63) is 71.1 Å². The van der Waals surface area contributed by atoms with Crippen LogP contribution in [0.2, 0.25) is 5.15 Å². The first-order valence-corrected chi connectivity index (χ1v) is 7.65. The van der Waals surface area contributed by atoms with Gasteiger partial charge in [-0.05, 0) is 24.3 Å². The highest BCUT2D eigenvalue weighted by Crippen LogP contribution is 2.30. The zero-order valence-electron chi connectivity index (χ0n) is 12.8. The van der Waals surface area contributed by atoms with E-state index in [1.165, 1.54) is 18.2 Å². The number of alkyl halides is 3. The number of benzene rings is 1. The van der Waals surface area contributed by atoms with E-state index >= 15 is 0 Å². The number of pyridine rings is 1. The lowest BCUT2D eigenvalue weighted by atomic mass is 10.1. The van der Waals surface area contributed by atoms with Gasteiger partial charge in [0, 0.05) is 17.8 Å². The van der Waals surface area contributed by atoms with E-state index in [0.29, 0.717) is 17.9 Å². The third-order valence-electron chi connectivity index (χ3n) is 3.34. The maximum absolute atomic E-state index is 12.6. The molecule has 0 atom stereocenters. The van der Waals surface area contributed by atoms with Crippen LogP contribution in [-0.4, -0.2) is 15.0 Å². The highest BCUT2D eigenvalue weighted by atomic mass is 35.5. The fourth-order valence-corrected chi connectivity index (χ4v) is 2.31. The predicted octanol–water partition coefficient (Wildman–Crippen LogP) is 4.82. The molecule has 2 aromatic heterocycles. The van der Waals surface area contributed by atoms with Crippen molar-refractivity contribution in [1.82, 2.24) is 15.0 Å². The van der Waals surface area contributed by atoms with Gasteiger partial charge in [-0.3, -0.25) is 4.98 Å². The third-order valence-corrected chi connectivity index (χ3v) is 3.54. The molecule has 0 aliphatic rings. The van der Waals surface area contributed by atoms with Crippen LogP contribution in [0.3, 0.4) is 0 Å². The number of anilines is 1. The zero-order valence-corrected chi connectivity index (χ0v) is 13.5. The standard InChI is InChI=1S/C17H12ClF3N4/c18-14-9-15(23-10-13-3-1-2-8-22-13)25-16(24-14)11-4-6-12(7-5-11)17(19,20)21/h1-9H,10H2,(H,23,24,25). The van der Waals surface area contributed by atoms with Gasteiger partial charge < -0.3 is 5.32 Å². The van der Waals surface area contributed by atoms with Crippen molar-refractivity contribution in [2.45, 2.75) is 12.7 Å². The monoisotopic (exact) mass is 364 g/mol. The molecular weight excluding hydrogens is 353 g/mol. The van der Waals surface area contributed by atoms with E-state index in [4.69, 9.17) is 11.6 Å². The normalized spacial score (nSPS) is 11.4. The number of hydrogen-bond donors (Lipinski definition) is 1. The summed E-state index contributed by atoms with van der Waals surface area (Å²) < 4.78 is 37.9. The van der Waals surface area contributed by atoms with Crippen molar-refractivity contribution in [3.8, 4) is 11.4 Å². The Balaban J connectivity index is 1.81. The maximum atomic E-state index is 12.6. The molecule has 0 fully saturated rings. The van der Waals surface area contributed by atoms with Gasteiger partial charge in [-0.15, -0.1) is 0 Å². The number of nitrogens with zero attached hydrogens (tertiary/aromatic N) is 3. The molecule has 128 valence electrons. The third kappa shape index (κ3) is 4.45. The lowest BCUT2D eigenvalue weighted by Gasteiger charge is -2.09. The predicted molar refractivity (Wildman–Crippen MR) is 89.0 cm³/mol. The topological polar surface area (TPSA) is 50.7 Å². The molecule has 0 bridgehead atoms. The van der Waals surface area contributed by atoms with Crippen LogP contribution in [0.4, 0.5) is 19.0 Å². The number of rotatable bonds is 4. The number of halogens is 4. The van der Waals surface area contributed by atoms with Crippen molar-refractivity contribution in [2.75, 3.05) is 5.32 Å². The van der Waals surface area contributed by atoms with Crippen molar-refractivity contribution in [3.63, 3.8) is 0 Å². The minimum atomic E-state index is -4.39. The molecule has 2 heterocycles. The summed E-state index contributed by atoms with van der Waals surface area (Å²) in [6.07, 6.45) is -2.71. The molecule has 0 aliphatic heterocycles. The minimum Gasteiger partial charge on any atom is -0.364 e. The van der Waals surface area contributed by atoms with Crippen molar-refractivity contribution >= 4 is 17.4 Å². The molecule has 0 radical (unpaired) electrons. The van der Waals surface area contributed by atoms with Gasteiger partial charge in [0.1, 0.15) is 11.0 Å². The van der Waals surface area contributed by atoms with Crippen molar-refractivity contribution in [2.24, 2.45) is 0 Å². The Kier molecular flexibility index (Phi) is 4.85. The van der Waals surface area contributed by atoms with Crippen LogP contribution in [0.1, 0.15) is 11.3 Å². The number of nitrogens with one attached hydrogen (secondary N) is 1. The average Bonchev–Trinajstić information content (AvgIpc) is 2.60. The highest BCUT2D eigenvalue weighted by molar-refractivity contribution is 6.29. The van der Waals surface area contributed by atoms with E-state index in [-0.39, 0.29) is 11.0 Å². The van der Waals surface area contributed by atoms with Crippen LogP contribution >= 0.6 is 11.6 Å². The Morgan fingerprint density at radius 1 is 1.00 bits per heavy atom. The summed E-state index contributed by atoms with van der Waals surface area (Å²) in [5.74, 6) is 0.699. The Morgan fingerprint density at radius 3 is 2.40 bits per heavy atom. The molecule has 0 saturated heterocycles. The SMILES string of the molecule is FC(F)(F)c1ccc(-c2nc(Cl)cc(NCc3ccccn3)n2)cc1. The summed E-state index contributed by atoms with van der Waals surface area (Å²) in [5.41, 5.74) is 0.525. The first-order chi connectivity index (χ1) is 11.9. The van der Waals surface area contributed by atoms with E-state index in [1.54, 1.807) is 6.20 Å². The molecule has 4 nitrogen and oxygen atoms in total. The van der Waals surface area contributed by atoms with Gasteiger partial charge in [-0.1, -0.05) is 29.8 Å². The second-order valence-electron chi connectivity index (χ2n) is 5.15. The Labute approximate surface area is 146 Å². The van der Waals surface area contributed by atoms with Gasteiger partial charge in [-0.2, -0.15) is 13.2 Å². The first kappa shape index (κ1) is 17.2. The van der Waals surface area contributed by atoms with Crippen LogP contribution in [0, 0.1) is 0 Å². The Bertz CT molecular complexity index is 852. The van der Waals surface area contributed by atoms with Crippen molar-refractivity contribution < 1.29 is 13.2 Å². The molecule has 8 heteroatoms. The summed E-state index contributed by atoms with van der Waals surface area (Å²) in [5, 5.41) is 3.26. The molecule has 1 aromatic carbocycles. The van der Waals surface area contributed by atoms with Crippen LogP contribution in [0.5, 0.6) is 0 Å². The van der Waals surface area contributed by atoms with Gasteiger partial charge in [0.05, 0.1) is 17.8 Å². The summed E-state index contributed by atoms with van der Waals surface area (Å²) in [6.45, 7) is 0.431. The van der Waals surface area contributed by atoms with E-state index in [9.17, 15) is 13.2 Å². The van der Waals surface area contributed by atoms with Crippen molar-refractivity contribution in [1.29, 1.82) is 0 Å². The zero-order chi connectivity index (χ0) is 17.9. The maximum Gasteiger partial charge on any atom is 0.416 e. The molecule has 0 amide bonds. The van der Waals surface area contributed by atoms with Crippen LogP contribution in [0.15, 0.2) is 54.7 Å². The summed E-state index contributed by atoms with van der Waals surface area (Å²) in [6, 6.07) is 11.7. The first-order valence-electron chi connectivity index (χ1n) is 7.28. The van der Waals surface area contributed by atoms with E-state index in [0.717, 1.165) is 17.8 Å². The second kappa shape index (κ2) is 7.06. The van der Waals surface area contributed by atoms with E-state index in [2.05, 4.69) is 20.3 Å². The lowest BCUT2D eigenvalue weighted by Crippen LogP contribution is -2.05. The van der Waals surface area contributed by atoms with Gasteiger partial charge in [-0.25, -0.2) is 9.97 Å².